The number of benzene rings is 9. The van der Waals surface area contributed by atoms with Gasteiger partial charge in [0, 0.05) is 33.1 Å². The molecular formula is C52H35NO. The second kappa shape index (κ2) is 13.4. The molecule has 0 spiro atoms. The number of hydrogen-bond acceptors (Lipinski definition) is 2. The lowest BCUT2D eigenvalue weighted by Crippen LogP contribution is -2.11. The van der Waals surface area contributed by atoms with E-state index in [1.165, 1.54) is 38.8 Å². The molecule has 54 heavy (non-hydrogen) atoms. The highest BCUT2D eigenvalue weighted by Crippen LogP contribution is 2.46. The van der Waals surface area contributed by atoms with Crippen LogP contribution in [0, 0.1) is 0 Å². The number of fused-ring (bicyclic) bond motifs is 5. The highest BCUT2D eigenvalue weighted by Gasteiger charge is 2.22. The van der Waals surface area contributed by atoms with E-state index in [-0.39, 0.29) is 0 Å². The van der Waals surface area contributed by atoms with Crippen molar-refractivity contribution in [3.05, 3.63) is 212 Å². The number of nitrogens with zero attached hydrogens (tertiary/aromatic N) is 1. The van der Waals surface area contributed by atoms with Crippen molar-refractivity contribution < 1.29 is 4.42 Å². The minimum absolute atomic E-state index is 0.867. The van der Waals surface area contributed by atoms with E-state index in [1.807, 2.05) is 0 Å². The molecule has 9 aromatic carbocycles. The van der Waals surface area contributed by atoms with Crippen LogP contribution in [0.2, 0.25) is 0 Å². The molecule has 0 unspecified atom stereocenters. The van der Waals surface area contributed by atoms with Gasteiger partial charge in [0.2, 0.25) is 0 Å². The Bertz CT molecular complexity index is 2790. The smallest absolute Gasteiger partial charge is 0.143 e. The van der Waals surface area contributed by atoms with E-state index in [0.29, 0.717) is 0 Å². The normalized spacial score (nSPS) is 11.3. The first-order chi connectivity index (χ1) is 26.8. The highest BCUT2D eigenvalue weighted by atomic mass is 16.3. The van der Waals surface area contributed by atoms with Crippen molar-refractivity contribution in [3.8, 4) is 44.5 Å². The summed E-state index contributed by atoms with van der Waals surface area (Å²) in [4.78, 5) is 2.39. The van der Waals surface area contributed by atoms with E-state index in [1.54, 1.807) is 0 Å². The van der Waals surface area contributed by atoms with E-state index in [0.717, 1.165) is 55.5 Å². The molecular weight excluding hydrogens is 655 g/mol. The molecule has 0 aliphatic rings. The van der Waals surface area contributed by atoms with Crippen LogP contribution in [0.25, 0.3) is 77.2 Å². The number of hydrogen-bond donors (Lipinski definition) is 0. The van der Waals surface area contributed by atoms with Crippen LogP contribution in [0.4, 0.5) is 17.1 Å². The Morgan fingerprint density at radius 1 is 0.315 bits per heavy atom. The summed E-state index contributed by atoms with van der Waals surface area (Å²) in [6.45, 7) is 0. The topological polar surface area (TPSA) is 16.4 Å². The Labute approximate surface area is 314 Å². The fourth-order valence-electron chi connectivity index (χ4n) is 7.72. The van der Waals surface area contributed by atoms with Crippen LogP contribution in [0.1, 0.15) is 0 Å². The Kier molecular flexibility index (Phi) is 7.85. The van der Waals surface area contributed by atoms with Crippen LogP contribution in [-0.4, -0.2) is 0 Å². The Morgan fingerprint density at radius 3 is 1.30 bits per heavy atom. The monoisotopic (exact) mass is 689 g/mol. The van der Waals surface area contributed by atoms with Gasteiger partial charge in [-0.1, -0.05) is 170 Å². The van der Waals surface area contributed by atoms with Crippen molar-refractivity contribution in [3.63, 3.8) is 0 Å². The Hall–Kier alpha value is -7.16. The summed E-state index contributed by atoms with van der Waals surface area (Å²) < 4.78 is 6.78. The van der Waals surface area contributed by atoms with Gasteiger partial charge in [-0.15, -0.1) is 0 Å². The van der Waals surface area contributed by atoms with Gasteiger partial charge in [-0.05, 0) is 86.8 Å². The molecule has 254 valence electrons. The molecule has 0 amide bonds. The van der Waals surface area contributed by atoms with Gasteiger partial charge in [0.05, 0.1) is 5.69 Å². The molecule has 10 rings (SSSR count). The van der Waals surface area contributed by atoms with Crippen LogP contribution in [0.3, 0.4) is 0 Å². The fourth-order valence-corrected chi connectivity index (χ4v) is 7.72. The van der Waals surface area contributed by atoms with Crippen molar-refractivity contribution in [1.82, 2.24) is 0 Å². The number of anilines is 3. The van der Waals surface area contributed by atoms with Gasteiger partial charge in [0.25, 0.3) is 0 Å². The summed E-state index contributed by atoms with van der Waals surface area (Å²) in [5.41, 5.74) is 14.3. The van der Waals surface area contributed by atoms with Crippen LogP contribution < -0.4 is 4.90 Å². The third-order valence-corrected chi connectivity index (χ3v) is 10.5. The van der Waals surface area contributed by atoms with E-state index in [9.17, 15) is 0 Å². The summed E-state index contributed by atoms with van der Waals surface area (Å²) in [5.74, 6) is 0. The standard InChI is InChI=1S/C52H35NO/c1-4-12-36(13-5-1)39-20-22-43(23-21-39)48-35-51-49(47-33-28-42-18-10-11-19-46(42)52(47)54-51)34-50(48)53(44-29-24-40(25-30-44)37-14-6-2-7-15-37)45-31-26-41(27-32-45)38-16-8-3-9-17-38/h1-35H. The van der Waals surface area contributed by atoms with Gasteiger partial charge < -0.3 is 9.32 Å². The quantitative estimate of drug-likeness (QED) is 0.166. The molecule has 10 aromatic rings. The van der Waals surface area contributed by atoms with Crippen LogP contribution in [0.15, 0.2) is 217 Å². The average molecular weight is 690 g/mol. The lowest BCUT2D eigenvalue weighted by molar-refractivity contribution is 0.673. The summed E-state index contributed by atoms with van der Waals surface area (Å²) in [7, 11) is 0. The first-order valence-electron chi connectivity index (χ1n) is 18.4. The maximum Gasteiger partial charge on any atom is 0.143 e. The molecule has 0 radical (unpaired) electrons. The zero-order chi connectivity index (χ0) is 35.8. The summed E-state index contributed by atoms with van der Waals surface area (Å²) in [5, 5.41) is 4.47. The SMILES string of the molecule is c1ccc(-c2ccc(-c3cc4oc5c6ccccc6ccc5c4cc3N(c3ccc(-c4ccccc4)cc3)c3ccc(-c4ccccc4)cc3)cc2)cc1. The Morgan fingerprint density at radius 2 is 0.759 bits per heavy atom. The fraction of sp³-hybridized carbons (Fsp3) is 0. The molecule has 0 N–H and O–H groups in total. The van der Waals surface area contributed by atoms with Crippen molar-refractivity contribution in [2.24, 2.45) is 0 Å². The van der Waals surface area contributed by atoms with Crippen LogP contribution >= 0.6 is 0 Å². The number of furan rings is 1. The molecule has 0 atom stereocenters. The third-order valence-electron chi connectivity index (χ3n) is 10.5. The van der Waals surface area contributed by atoms with Gasteiger partial charge >= 0.3 is 0 Å². The molecule has 1 heterocycles. The van der Waals surface area contributed by atoms with Gasteiger partial charge in [-0.25, -0.2) is 0 Å². The molecule has 0 fully saturated rings. The van der Waals surface area contributed by atoms with Crippen molar-refractivity contribution in [2.45, 2.75) is 0 Å². The van der Waals surface area contributed by atoms with Gasteiger partial charge in [-0.2, -0.15) is 0 Å². The van der Waals surface area contributed by atoms with Crippen LogP contribution in [-0.2, 0) is 0 Å². The predicted octanol–water partition coefficient (Wildman–Crippen LogP) is 14.9. The van der Waals surface area contributed by atoms with Crippen molar-refractivity contribution in [2.75, 3.05) is 4.90 Å². The predicted molar refractivity (Wildman–Crippen MR) is 228 cm³/mol. The Balaban J connectivity index is 1.20. The molecule has 0 aliphatic carbocycles. The van der Waals surface area contributed by atoms with Gasteiger partial charge in [0.1, 0.15) is 11.2 Å². The van der Waals surface area contributed by atoms with E-state index in [4.69, 9.17) is 4.42 Å². The molecule has 0 saturated heterocycles. The summed E-state index contributed by atoms with van der Waals surface area (Å²) in [6.07, 6.45) is 0. The first-order valence-corrected chi connectivity index (χ1v) is 18.4. The molecule has 0 bridgehead atoms. The summed E-state index contributed by atoms with van der Waals surface area (Å²) in [6, 6.07) is 75.9. The van der Waals surface area contributed by atoms with Crippen molar-refractivity contribution >= 4 is 49.8 Å². The van der Waals surface area contributed by atoms with E-state index >= 15 is 0 Å². The molecule has 0 saturated carbocycles. The summed E-state index contributed by atoms with van der Waals surface area (Å²) >= 11 is 0. The van der Waals surface area contributed by atoms with Crippen molar-refractivity contribution in [1.29, 1.82) is 0 Å². The highest BCUT2D eigenvalue weighted by molar-refractivity contribution is 6.16. The molecule has 0 aliphatic heterocycles. The second-order valence-electron chi connectivity index (χ2n) is 13.7. The molecule has 2 heteroatoms. The second-order valence-corrected chi connectivity index (χ2v) is 13.7. The maximum atomic E-state index is 6.78. The first kappa shape index (κ1) is 31.6. The number of rotatable bonds is 7. The molecule has 2 nitrogen and oxygen atoms in total. The van der Waals surface area contributed by atoms with E-state index < -0.39 is 0 Å². The lowest BCUT2D eigenvalue weighted by Gasteiger charge is -2.28. The minimum atomic E-state index is 0.867. The zero-order valence-corrected chi connectivity index (χ0v) is 29.6. The third kappa shape index (κ3) is 5.71. The lowest BCUT2D eigenvalue weighted by atomic mass is 9.96. The van der Waals surface area contributed by atoms with E-state index in [2.05, 4.69) is 217 Å². The van der Waals surface area contributed by atoms with Gasteiger partial charge in [-0.3, -0.25) is 0 Å². The van der Waals surface area contributed by atoms with Gasteiger partial charge in [0.15, 0.2) is 0 Å². The zero-order valence-electron chi connectivity index (χ0n) is 29.6. The maximum absolute atomic E-state index is 6.78. The minimum Gasteiger partial charge on any atom is -0.455 e. The van der Waals surface area contributed by atoms with Crippen LogP contribution in [0.5, 0.6) is 0 Å². The largest absolute Gasteiger partial charge is 0.455 e. The average Bonchev–Trinajstić information content (AvgIpc) is 3.63. The molecule has 1 aromatic heterocycles.